The molecular formula is C14H26N4O2. The maximum absolute atomic E-state index is 5.69. The van der Waals surface area contributed by atoms with Gasteiger partial charge in [-0.25, -0.2) is 4.98 Å². The number of methoxy groups -OCH3 is 1. The first kappa shape index (κ1) is 16.5. The van der Waals surface area contributed by atoms with Crippen molar-refractivity contribution in [3.8, 4) is 5.75 Å². The van der Waals surface area contributed by atoms with Crippen LogP contribution in [0.1, 0.15) is 33.1 Å². The van der Waals surface area contributed by atoms with E-state index in [1.165, 1.54) is 12.8 Å². The molecule has 0 fully saturated rings. The van der Waals surface area contributed by atoms with Crippen LogP contribution < -0.4 is 15.4 Å². The molecular weight excluding hydrogens is 256 g/mol. The van der Waals surface area contributed by atoms with E-state index in [1.54, 1.807) is 13.3 Å². The largest absolute Gasteiger partial charge is 0.486 e. The number of anilines is 2. The molecule has 20 heavy (non-hydrogen) atoms. The van der Waals surface area contributed by atoms with Crippen LogP contribution >= 0.6 is 0 Å². The van der Waals surface area contributed by atoms with Crippen LogP contribution in [-0.2, 0) is 4.74 Å². The fourth-order valence-corrected chi connectivity index (χ4v) is 1.87. The number of hydrogen-bond acceptors (Lipinski definition) is 6. The number of nitrogen functional groups attached to an aromatic ring is 1. The van der Waals surface area contributed by atoms with Gasteiger partial charge in [0.25, 0.3) is 0 Å². The molecule has 0 spiro atoms. The summed E-state index contributed by atoms with van der Waals surface area (Å²) in [5.41, 5.74) is 5.69. The third-order valence-corrected chi connectivity index (χ3v) is 3.27. The Labute approximate surface area is 121 Å². The minimum atomic E-state index is 0.258. The molecule has 0 saturated heterocycles. The van der Waals surface area contributed by atoms with Crippen molar-refractivity contribution in [3.63, 3.8) is 0 Å². The molecule has 6 heteroatoms. The van der Waals surface area contributed by atoms with Crippen LogP contribution in [0.15, 0.2) is 6.20 Å². The Hall–Kier alpha value is -1.56. The van der Waals surface area contributed by atoms with Crippen LogP contribution in [0.4, 0.5) is 11.8 Å². The molecule has 1 heterocycles. The van der Waals surface area contributed by atoms with Gasteiger partial charge in [-0.3, -0.25) is 0 Å². The summed E-state index contributed by atoms with van der Waals surface area (Å²) in [7, 11) is 3.65. The summed E-state index contributed by atoms with van der Waals surface area (Å²) in [6.07, 6.45) is 5.10. The Balaban J connectivity index is 2.81. The monoisotopic (exact) mass is 282 g/mol. The predicted molar refractivity (Wildman–Crippen MR) is 81.2 cm³/mol. The third kappa shape index (κ3) is 4.85. The highest BCUT2D eigenvalue weighted by molar-refractivity contribution is 5.53. The van der Waals surface area contributed by atoms with Crippen LogP contribution in [-0.4, -0.2) is 43.4 Å². The Morgan fingerprint density at radius 1 is 1.40 bits per heavy atom. The fraction of sp³-hybridized carbons (Fsp3) is 0.714. The second-order valence-electron chi connectivity index (χ2n) is 4.86. The number of aromatic nitrogens is 2. The standard InChI is InChI=1S/C14H26N4O2/c1-5-6-7-11(2)18(3)13-12(20-9-8-19-4)10-16-14(15)17-13/h10-11H,5-9H2,1-4H3,(H2,15,16,17). The zero-order valence-corrected chi connectivity index (χ0v) is 12.9. The molecule has 0 aliphatic carbocycles. The van der Waals surface area contributed by atoms with Gasteiger partial charge in [0.1, 0.15) is 6.61 Å². The van der Waals surface area contributed by atoms with E-state index in [-0.39, 0.29) is 5.95 Å². The summed E-state index contributed by atoms with van der Waals surface area (Å²) in [6, 6.07) is 0.369. The zero-order chi connectivity index (χ0) is 15.0. The van der Waals surface area contributed by atoms with Crippen molar-refractivity contribution in [1.29, 1.82) is 0 Å². The Morgan fingerprint density at radius 3 is 2.80 bits per heavy atom. The van der Waals surface area contributed by atoms with Crippen molar-refractivity contribution in [2.75, 3.05) is 38.0 Å². The highest BCUT2D eigenvalue weighted by Gasteiger charge is 2.17. The lowest BCUT2D eigenvalue weighted by atomic mass is 10.1. The molecule has 0 amide bonds. The number of unbranched alkanes of at least 4 members (excludes halogenated alkanes) is 1. The molecule has 0 aromatic carbocycles. The first-order valence-electron chi connectivity index (χ1n) is 7.07. The number of ether oxygens (including phenoxy) is 2. The Bertz CT molecular complexity index is 401. The summed E-state index contributed by atoms with van der Waals surface area (Å²) in [5, 5.41) is 0. The molecule has 0 bridgehead atoms. The SMILES string of the molecule is CCCCC(C)N(C)c1nc(N)ncc1OCCOC. The average molecular weight is 282 g/mol. The molecule has 6 nitrogen and oxygen atoms in total. The zero-order valence-electron chi connectivity index (χ0n) is 12.9. The highest BCUT2D eigenvalue weighted by Crippen LogP contribution is 2.27. The van der Waals surface area contributed by atoms with Gasteiger partial charge in [0, 0.05) is 20.2 Å². The maximum atomic E-state index is 5.69. The van der Waals surface area contributed by atoms with Gasteiger partial charge in [0.05, 0.1) is 12.8 Å². The van der Waals surface area contributed by atoms with Gasteiger partial charge < -0.3 is 20.1 Å². The Kier molecular flexibility index (Phi) is 7.08. The molecule has 0 aliphatic heterocycles. The number of rotatable bonds is 9. The molecule has 0 radical (unpaired) electrons. The summed E-state index contributed by atoms with van der Waals surface area (Å²) < 4.78 is 10.6. The van der Waals surface area contributed by atoms with Gasteiger partial charge in [-0.05, 0) is 13.3 Å². The van der Waals surface area contributed by atoms with E-state index in [0.717, 1.165) is 12.2 Å². The highest BCUT2D eigenvalue weighted by atomic mass is 16.5. The van der Waals surface area contributed by atoms with Gasteiger partial charge in [-0.1, -0.05) is 19.8 Å². The molecule has 0 saturated carbocycles. The molecule has 0 aliphatic rings. The Morgan fingerprint density at radius 2 is 2.15 bits per heavy atom. The lowest BCUT2D eigenvalue weighted by Crippen LogP contribution is -2.30. The lowest BCUT2D eigenvalue weighted by Gasteiger charge is -2.27. The molecule has 1 aromatic rings. The van der Waals surface area contributed by atoms with E-state index in [4.69, 9.17) is 15.2 Å². The lowest BCUT2D eigenvalue weighted by molar-refractivity contribution is 0.146. The van der Waals surface area contributed by atoms with E-state index < -0.39 is 0 Å². The van der Waals surface area contributed by atoms with Crippen LogP contribution in [0.2, 0.25) is 0 Å². The number of hydrogen-bond donors (Lipinski definition) is 1. The van der Waals surface area contributed by atoms with Crippen LogP contribution in [0.3, 0.4) is 0 Å². The first-order chi connectivity index (χ1) is 9.60. The van der Waals surface area contributed by atoms with Crippen LogP contribution in [0.5, 0.6) is 5.75 Å². The maximum Gasteiger partial charge on any atom is 0.222 e. The summed E-state index contributed by atoms with van der Waals surface area (Å²) in [4.78, 5) is 10.4. The smallest absolute Gasteiger partial charge is 0.222 e. The van der Waals surface area contributed by atoms with E-state index in [0.29, 0.717) is 25.0 Å². The normalized spacial score (nSPS) is 12.2. The summed E-state index contributed by atoms with van der Waals surface area (Å²) >= 11 is 0. The predicted octanol–water partition coefficient (Wildman–Crippen LogP) is 2.10. The number of nitrogens with two attached hydrogens (primary N) is 1. The van der Waals surface area contributed by atoms with Crippen LogP contribution in [0, 0.1) is 0 Å². The molecule has 1 aromatic heterocycles. The average Bonchev–Trinajstić information content (AvgIpc) is 2.45. The summed E-state index contributed by atoms with van der Waals surface area (Å²) in [5.74, 6) is 1.63. The second kappa shape index (κ2) is 8.58. The van der Waals surface area contributed by atoms with Gasteiger partial charge in [0.15, 0.2) is 11.6 Å². The van der Waals surface area contributed by atoms with Crippen LogP contribution in [0.25, 0.3) is 0 Å². The van der Waals surface area contributed by atoms with E-state index in [9.17, 15) is 0 Å². The van der Waals surface area contributed by atoms with Crippen molar-refractivity contribution < 1.29 is 9.47 Å². The molecule has 114 valence electrons. The molecule has 1 atom stereocenters. The van der Waals surface area contributed by atoms with Crippen molar-refractivity contribution in [2.24, 2.45) is 0 Å². The number of nitrogens with zero attached hydrogens (tertiary/aromatic N) is 3. The fourth-order valence-electron chi connectivity index (χ4n) is 1.87. The van der Waals surface area contributed by atoms with Crippen molar-refractivity contribution in [2.45, 2.75) is 39.2 Å². The van der Waals surface area contributed by atoms with Gasteiger partial charge in [-0.15, -0.1) is 0 Å². The van der Waals surface area contributed by atoms with Crippen molar-refractivity contribution >= 4 is 11.8 Å². The van der Waals surface area contributed by atoms with Gasteiger partial charge in [0.2, 0.25) is 5.95 Å². The minimum absolute atomic E-state index is 0.258. The van der Waals surface area contributed by atoms with Gasteiger partial charge >= 0.3 is 0 Å². The molecule has 1 unspecified atom stereocenters. The van der Waals surface area contributed by atoms with Gasteiger partial charge in [-0.2, -0.15) is 4.98 Å². The quantitative estimate of drug-likeness (QED) is 0.699. The minimum Gasteiger partial charge on any atom is -0.486 e. The topological polar surface area (TPSA) is 73.5 Å². The molecule has 1 rings (SSSR count). The van der Waals surface area contributed by atoms with E-state index >= 15 is 0 Å². The summed E-state index contributed by atoms with van der Waals surface area (Å²) in [6.45, 7) is 5.36. The first-order valence-corrected chi connectivity index (χ1v) is 7.07. The molecule has 2 N–H and O–H groups in total. The van der Waals surface area contributed by atoms with E-state index in [1.807, 2.05) is 7.05 Å². The van der Waals surface area contributed by atoms with Crippen molar-refractivity contribution in [1.82, 2.24) is 9.97 Å². The second-order valence-corrected chi connectivity index (χ2v) is 4.86. The van der Waals surface area contributed by atoms with Crippen molar-refractivity contribution in [3.05, 3.63) is 6.20 Å². The third-order valence-electron chi connectivity index (χ3n) is 3.27. The van der Waals surface area contributed by atoms with E-state index in [2.05, 4.69) is 28.7 Å².